The molecule has 4 nitrogen and oxygen atoms in total. The van der Waals surface area contributed by atoms with Crippen LogP contribution in [0.25, 0.3) is 6.08 Å². The van der Waals surface area contributed by atoms with Crippen molar-refractivity contribution in [2.75, 3.05) is 13.1 Å². The first kappa shape index (κ1) is 14.8. The minimum atomic E-state index is -0.797. The van der Waals surface area contributed by atoms with Gasteiger partial charge in [0.15, 0.2) is 0 Å². The lowest BCUT2D eigenvalue weighted by Crippen LogP contribution is -2.27. The molecule has 1 aliphatic rings. The summed E-state index contributed by atoms with van der Waals surface area (Å²) in [6.07, 6.45) is 4.23. The number of aliphatic carboxylic acids is 1. The molecule has 0 saturated carbocycles. The van der Waals surface area contributed by atoms with E-state index in [-0.39, 0.29) is 18.2 Å². The highest BCUT2D eigenvalue weighted by Crippen LogP contribution is 2.20. The van der Waals surface area contributed by atoms with Gasteiger partial charge in [-0.15, -0.1) is 0 Å². The number of carbonyl (C=O) groups excluding carboxylic acids is 1. The molecule has 1 fully saturated rings. The van der Waals surface area contributed by atoms with E-state index in [1.165, 1.54) is 0 Å². The van der Waals surface area contributed by atoms with Gasteiger partial charge in [0.05, 0.1) is 0 Å². The van der Waals surface area contributed by atoms with Crippen LogP contribution in [0.3, 0.4) is 0 Å². The number of rotatable bonds is 4. The van der Waals surface area contributed by atoms with Gasteiger partial charge in [0.2, 0.25) is 5.91 Å². The Kier molecular flexibility index (Phi) is 4.95. The van der Waals surface area contributed by atoms with Gasteiger partial charge in [0, 0.05) is 30.1 Å². The molecule has 1 atom stereocenters. The highest BCUT2D eigenvalue weighted by Gasteiger charge is 2.26. The largest absolute Gasteiger partial charge is 0.481 e. The maximum absolute atomic E-state index is 12.0. The Hall–Kier alpha value is -1.62. The summed E-state index contributed by atoms with van der Waals surface area (Å²) >= 11 is 3.36. The van der Waals surface area contributed by atoms with Gasteiger partial charge in [-0.1, -0.05) is 28.1 Å². The van der Waals surface area contributed by atoms with E-state index >= 15 is 0 Å². The summed E-state index contributed by atoms with van der Waals surface area (Å²) in [5, 5.41) is 8.75. The molecule has 1 N–H and O–H groups in total. The molecule has 1 aliphatic heterocycles. The van der Waals surface area contributed by atoms with E-state index in [9.17, 15) is 9.59 Å². The molecular formula is C15H16BrNO3. The van der Waals surface area contributed by atoms with Gasteiger partial charge in [-0.3, -0.25) is 9.59 Å². The molecule has 1 heterocycles. The Labute approximate surface area is 126 Å². The summed E-state index contributed by atoms with van der Waals surface area (Å²) < 4.78 is 0.997. The molecule has 1 saturated heterocycles. The van der Waals surface area contributed by atoms with Gasteiger partial charge < -0.3 is 10.0 Å². The van der Waals surface area contributed by atoms with Crippen molar-refractivity contribution in [2.45, 2.75) is 12.8 Å². The molecule has 1 amide bonds. The number of benzene rings is 1. The second-order valence-corrected chi connectivity index (χ2v) is 5.84. The van der Waals surface area contributed by atoms with Crippen molar-refractivity contribution in [2.24, 2.45) is 5.92 Å². The minimum Gasteiger partial charge on any atom is -0.481 e. The monoisotopic (exact) mass is 337 g/mol. The lowest BCUT2D eigenvalue weighted by atomic mass is 10.1. The summed E-state index contributed by atoms with van der Waals surface area (Å²) in [4.78, 5) is 24.4. The predicted octanol–water partition coefficient (Wildman–Crippen LogP) is 2.79. The zero-order valence-corrected chi connectivity index (χ0v) is 12.5. The third kappa shape index (κ3) is 4.20. The maximum atomic E-state index is 12.0. The fourth-order valence-corrected chi connectivity index (χ4v) is 2.56. The van der Waals surface area contributed by atoms with Gasteiger partial charge in [0.1, 0.15) is 0 Å². The molecule has 1 unspecified atom stereocenters. The van der Waals surface area contributed by atoms with Crippen LogP contribution in [-0.4, -0.2) is 35.0 Å². The van der Waals surface area contributed by atoms with E-state index in [1.54, 1.807) is 17.1 Å². The van der Waals surface area contributed by atoms with Crippen molar-refractivity contribution in [1.82, 2.24) is 4.90 Å². The average Bonchev–Trinajstić information content (AvgIpc) is 2.85. The van der Waals surface area contributed by atoms with Crippen molar-refractivity contribution in [3.63, 3.8) is 0 Å². The van der Waals surface area contributed by atoms with Crippen LogP contribution in [0.4, 0.5) is 0 Å². The van der Waals surface area contributed by atoms with E-state index in [4.69, 9.17) is 5.11 Å². The minimum absolute atomic E-state index is 0.0548. The topological polar surface area (TPSA) is 57.6 Å². The molecule has 1 aromatic carbocycles. The molecule has 0 aliphatic carbocycles. The Bertz CT molecular complexity index is 524. The van der Waals surface area contributed by atoms with Crippen molar-refractivity contribution in [3.05, 3.63) is 40.4 Å². The summed E-state index contributed by atoms with van der Waals surface area (Å²) in [7, 11) is 0. The Morgan fingerprint density at radius 3 is 2.70 bits per heavy atom. The van der Waals surface area contributed by atoms with E-state index in [2.05, 4.69) is 15.9 Å². The van der Waals surface area contributed by atoms with Gasteiger partial charge in [-0.2, -0.15) is 0 Å². The Balaban J connectivity index is 1.89. The van der Waals surface area contributed by atoms with Crippen molar-refractivity contribution >= 4 is 33.9 Å². The lowest BCUT2D eigenvalue weighted by Gasteiger charge is -2.13. The summed E-state index contributed by atoms with van der Waals surface area (Å²) in [6, 6.07) is 7.68. The normalized spacial score (nSPS) is 18.6. The average molecular weight is 338 g/mol. The molecule has 106 valence electrons. The third-order valence-electron chi connectivity index (χ3n) is 3.35. The number of likely N-dealkylation sites (tertiary alicyclic amines) is 1. The van der Waals surface area contributed by atoms with E-state index < -0.39 is 5.97 Å². The number of carboxylic acids is 1. The van der Waals surface area contributed by atoms with Crippen LogP contribution in [-0.2, 0) is 9.59 Å². The van der Waals surface area contributed by atoms with Gasteiger partial charge in [0.25, 0.3) is 0 Å². The SMILES string of the molecule is O=C(O)CC1CCN(C(=O)C=Cc2ccc(Br)cc2)C1. The first-order valence-corrected chi connectivity index (χ1v) is 7.28. The Morgan fingerprint density at radius 2 is 2.05 bits per heavy atom. The first-order valence-electron chi connectivity index (χ1n) is 6.49. The fourth-order valence-electron chi connectivity index (χ4n) is 2.29. The van der Waals surface area contributed by atoms with Gasteiger partial charge >= 0.3 is 5.97 Å². The standard InChI is InChI=1S/C15H16BrNO3/c16-13-4-1-11(2-5-13)3-6-14(18)17-8-7-12(10-17)9-15(19)20/h1-6,12H,7-10H2,(H,19,20). The zero-order valence-electron chi connectivity index (χ0n) is 11.0. The lowest BCUT2D eigenvalue weighted by molar-refractivity contribution is -0.138. The number of carbonyl (C=O) groups is 2. The first-order chi connectivity index (χ1) is 9.54. The molecule has 5 heteroatoms. The predicted molar refractivity (Wildman–Crippen MR) is 80.1 cm³/mol. The van der Waals surface area contributed by atoms with E-state index in [0.29, 0.717) is 13.1 Å². The quantitative estimate of drug-likeness (QED) is 0.859. The number of hydrogen-bond acceptors (Lipinski definition) is 2. The zero-order chi connectivity index (χ0) is 14.5. The highest BCUT2D eigenvalue weighted by molar-refractivity contribution is 9.10. The van der Waals surface area contributed by atoms with E-state index in [0.717, 1.165) is 16.5 Å². The number of hydrogen-bond donors (Lipinski definition) is 1. The van der Waals surface area contributed by atoms with Crippen LogP contribution in [0.15, 0.2) is 34.8 Å². The summed E-state index contributed by atoms with van der Waals surface area (Å²) in [6.45, 7) is 1.18. The second kappa shape index (κ2) is 6.70. The van der Waals surface area contributed by atoms with Crippen molar-refractivity contribution in [1.29, 1.82) is 0 Å². The summed E-state index contributed by atoms with van der Waals surface area (Å²) in [5.74, 6) is -0.770. The van der Waals surface area contributed by atoms with Crippen LogP contribution < -0.4 is 0 Å². The number of halogens is 1. The second-order valence-electron chi connectivity index (χ2n) is 4.92. The van der Waals surface area contributed by atoms with E-state index in [1.807, 2.05) is 24.3 Å². The maximum Gasteiger partial charge on any atom is 0.303 e. The van der Waals surface area contributed by atoms with Crippen LogP contribution in [0, 0.1) is 5.92 Å². The number of amides is 1. The molecule has 20 heavy (non-hydrogen) atoms. The van der Waals surface area contributed by atoms with Crippen LogP contribution in [0.5, 0.6) is 0 Å². The molecule has 2 rings (SSSR count). The van der Waals surface area contributed by atoms with Crippen molar-refractivity contribution < 1.29 is 14.7 Å². The molecule has 1 aromatic rings. The van der Waals surface area contributed by atoms with Gasteiger partial charge in [-0.05, 0) is 36.1 Å². The fraction of sp³-hybridized carbons (Fsp3) is 0.333. The van der Waals surface area contributed by atoms with Crippen LogP contribution in [0.1, 0.15) is 18.4 Å². The smallest absolute Gasteiger partial charge is 0.303 e. The molecular weight excluding hydrogens is 322 g/mol. The Morgan fingerprint density at radius 1 is 1.35 bits per heavy atom. The molecule has 0 aromatic heterocycles. The molecule has 0 spiro atoms. The third-order valence-corrected chi connectivity index (χ3v) is 3.88. The molecule has 0 bridgehead atoms. The highest BCUT2D eigenvalue weighted by atomic mass is 79.9. The number of nitrogens with zero attached hydrogens (tertiary/aromatic N) is 1. The molecule has 0 radical (unpaired) electrons. The summed E-state index contributed by atoms with van der Waals surface area (Å²) in [5.41, 5.74) is 0.961. The number of carboxylic acid groups (broad SMARTS) is 1. The van der Waals surface area contributed by atoms with Gasteiger partial charge in [-0.25, -0.2) is 0 Å². The van der Waals surface area contributed by atoms with Crippen LogP contribution in [0.2, 0.25) is 0 Å². The van der Waals surface area contributed by atoms with Crippen molar-refractivity contribution in [3.8, 4) is 0 Å². The van der Waals surface area contributed by atoms with Crippen LogP contribution >= 0.6 is 15.9 Å².